The topological polar surface area (TPSA) is 50.8 Å². The van der Waals surface area contributed by atoms with E-state index < -0.39 is 23.3 Å². The van der Waals surface area contributed by atoms with Crippen LogP contribution in [0.3, 0.4) is 0 Å². The number of hydrogen-bond acceptors (Lipinski definition) is 5. The third-order valence-electron chi connectivity index (χ3n) is 7.38. The molecule has 0 amide bonds. The molecule has 0 radical (unpaired) electrons. The standard InChI is InChI=1S/C31H24ClF3N2O3/c1-3-37(4-2)20-12-13-23-27(15-20)39-28-17-25(32)26(36-19-9-7-8-18(14-19)31(33,34)35)16-24(28)30(23)22-11-6-5-10-21(22)29(38)40-30/h5-17,36H,3-4H2,1-2H3. The number of carbonyl (C=O) groups is 1. The Morgan fingerprint density at radius 1 is 0.875 bits per heavy atom. The van der Waals surface area contributed by atoms with Gasteiger partial charge in [0.1, 0.15) is 11.5 Å². The molecule has 0 saturated heterocycles. The summed E-state index contributed by atoms with van der Waals surface area (Å²) >= 11 is 6.64. The van der Waals surface area contributed by atoms with E-state index in [4.69, 9.17) is 21.1 Å². The number of hydrogen-bond donors (Lipinski definition) is 1. The molecule has 0 fully saturated rings. The zero-order chi connectivity index (χ0) is 28.2. The maximum atomic E-state index is 13.3. The number of benzene rings is 4. The molecule has 4 aromatic rings. The Balaban J connectivity index is 1.54. The molecule has 0 saturated carbocycles. The molecule has 2 heterocycles. The first-order chi connectivity index (χ1) is 19.2. The summed E-state index contributed by atoms with van der Waals surface area (Å²) in [5.41, 5.74) is 1.59. The van der Waals surface area contributed by atoms with Crippen molar-refractivity contribution in [2.45, 2.75) is 25.6 Å². The highest BCUT2D eigenvalue weighted by Crippen LogP contribution is 2.57. The van der Waals surface area contributed by atoms with Crippen molar-refractivity contribution in [3.8, 4) is 11.5 Å². The molecule has 0 aliphatic carbocycles. The number of alkyl halides is 3. The lowest BCUT2D eigenvalue weighted by Gasteiger charge is -2.37. The van der Waals surface area contributed by atoms with Gasteiger partial charge in [-0.25, -0.2) is 4.79 Å². The summed E-state index contributed by atoms with van der Waals surface area (Å²) in [6.45, 7) is 5.72. The van der Waals surface area contributed by atoms with Gasteiger partial charge in [0, 0.05) is 53.3 Å². The molecule has 1 unspecified atom stereocenters. The van der Waals surface area contributed by atoms with Crippen LogP contribution in [0.4, 0.5) is 30.2 Å². The smallest absolute Gasteiger partial charge is 0.416 e. The Morgan fingerprint density at radius 3 is 2.38 bits per heavy atom. The van der Waals surface area contributed by atoms with Crippen LogP contribution in [0.15, 0.2) is 78.9 Å². The van der Waals surface area contributed by atoms with E-state index in [-0.39, 0.29) is 10.7 Å². The van der Waals surface area contributed by atoms with Gasteiger partial charge in [0.25, 0.3) is 0 Å². The summed E-state index contributed by atoms with van der Waals surface area (Å²) < 4.78 is 52.6. The number of carbonyl (C=O) groups excluding carboxylic acids is 1. The molecule has 9 heteroatoms. The fraction of sp³-hybridized carbons (Fsp3) is 0.194. The van der Waals surface area contributed by atoms with Crippen molar-refractivity contribution in [1.82, 2.24) is 0 Å². The Morgan fingerprint density at radius 2 is 1.62 bits per heavy atom. The second-order valence-corrected chi connectivity index (χ2v) is 10.0. The molecule has 204 valence electrons. The highest BCUT2D eigenvalue weighted by atomic mass is 35.5. The highest BCUT2D eigenvalue weighted by molar-refractivity contribution is 6.33. The minimum absolute atomic E-state index is 0.204. The number of nitrogens with one attached hydrogen (secondary N) is 1. The van der Waals surface area contributed by atoms with Gasteiger partial charge in [-0.3, -0.25) is 0 Å². The summed E-state index contributed by atoms with van der Waals surface area (Å²) in [7, 11) is 0. The zero-order valence-corrected chi connectivity index (χ0v) is 22.4. The molecule has 1 N–H and O–H groups in total. The van der Waals surface area contributed by atoms with Gasteiger partial charge in [0.2, 0.25) is 0 Å². The minimum atomic E-state index is -4.50. The molecular weight excluding hydrogens is 541 g/mol. The summed E-state index contributed by atoms with van der Waals surface area (Å²) in [6.07, 6.45) is -4.50. The number of fused-ring (bicyclic) bond motifs is 6. The zero-order valence-electron chi connectivity index (χ0n) is 21.6. The maximum absolute atomic E-state index is 13.3. The maximum Gasteiger partial charge on any atom is 0.416 e. The number of esters is 1. The van der Waals surface area contributed by atoms with Crippen LogP contribution in [0.5, 0.6) is 11.5 Å². The van der Waals surface area contributed by atoms with Crippen molar-refractivity contribution < 1.29 is 27.4 Å². The molecular formula is C31H24ClF3N2O3. The first-order valence-corrected chi connectivity index (χ1v) is 13.2. The second kappa shape index (κ2) is 9.48. The van der Waals surface area contributed by atoms with E-state index in [1.807, 2.05) is 30.3 Å². The Hall–Kier alpha value is -4.17. The normalized spacial score (nSPS) is 17.0. The van der Waals surface area contributed by atoms with Crippen molar-refractivity contribution in [3.63, 3.8) is 0 Å². The summed E-state index contributed by atoms with van der Waals surface area (Å²) in [5, 5.41) is 3.23. The van der Waals surface area contributed by atoms with Crippen LogP contribution in [-0.2, 0) is 16.5 Å². The van der Waals surface area contributed by atoms with Crippen molar-refractivity contribution in [1.29, 1.82) is 0 Å². The summed E-state index contributed by atoms with van der Waals surface area (Å²) in [6, 6.07) is 21.1. The lowest BCUT2D eigenvalue weighted by Crippen LogP contribution is -2.33. The summed E-state index contributed by atoms with van der Waals surface area (Å²) in [4.78, 5) is 15.4. The number of nitrogens with zero attached hydrogens (tertiary/aromatic N) is 1. The quantitative estimate of drug-likeness (QED) is 0.246. The number of halogens is 4. The second-order valence-electron chi connectivity index (χ2n) is 9.60. The van der Waals surface area contributed by atoms with Crippen LogP contribution in [0.2, 0.25) is 5.02 Å². The lowest BCUT2D eigenvalue weighted by molar-refractivity contribution is -0.137. The van der Waals surface area contributed by atoms with E-state index in [0.717, 1.165) is 30.9 Å². The largest absolute Gasteiger partial charge is 0.456 e. The minimum Gasteiger partial charge on any atom is -0.456 e. The van der Waals surface area contributed by atoms with Gasteiger partial charge in [-0.15, -0.1) is 0 Å². The predicted octanol–water partition coefficient (Wildman–Crippen LogP) is 8.52. The predicted molar refractivity (Wildman–Crippen MR) is 148 cm³/mol. The van der Waals surface area contributed by atoms with Crippen LogP contribution < -0.4 is 15.0 Å². The van der Waals surface area contributed by atoms with Crippen LogP contribution in [0, 0.1) is 0 Å². The Labute approximate surface area is 234 Å². The van der Waals surface area contributed by atoms with Crippen molar-refractivity contribution >= 4 is 34.6 Å². The number of anilines is 3. The fourth-order valence-corrected chi connectivity index (χ4v) is 5.69. The van der Waals surface area contributed by atoms with E-state index in [2.05, 4.69) is 24.1 Å². The van der Waals surface area contributed by atoms with E-state index >= 15 is 0 Å². The number of rotatable bonds is 5. The molecule has 2 aliphatic heterocycles. The molecule has 2 aliphatic rings. The molecule has 6 rings (SSSR count). The van der Waals surface area contributed by atoms with Crippen molar-refractivity contribution in [3.05, 3.63) is 112 Å². The average Bonchev–Trinajstić information content (AvgIpc) is 3.23. The van der Waals surface area contributed by atoms with Crippen LogP contribution in [0.1, 0.15) is 46.5 Å². The molecule has 40 heavy (non-hydrogen) atoms. The Kier molecular flexibility index (Phi) is 6.18. The van der Waals surface area contributed by atoms with Gasteiger partial charge < -0.3 is 19.7 Å². The highest BCUT2D eigenvalue weighted by Gasteiger charge is 2.53. The van der Waals surface area contributed by atoms with Gasteiger partial charge >= 0.3 is 12.1 Å². The van der Waals surface area contributed by atoms with Gasteiger partial charge in [-0.1, -0.05) is 35.9 Å². The molecule has 1 atom stereocenters. The van der Waals surface area contributed by atoms with Crippen LogP contribution in [-0.4, -0.2) is 19.1 Å². The van der Waals surface area contributed by atoms with Crippen LogP contribution in [0.25, 0.3) is 0 Å². The molecule has 0 bridgehead atoms. The first-order valence-electron chi connectivity index (χ1n) is 12.8. The molecule has 4 aromatic carbocycles. The molecule has 1 spiro atoms. The van der Waals surface area contributed by atoms with E-state index in [1.54, 1.807) is 24.3 Å². The fourth-order valence-electron chi connectivity index (χ4n) is 5.49. The van der Waals surface area contributed by atoms with Gasteiger partial charge in [0.05, 0.1) is 21.8 Å². The SMILES string of the molecule is CCN(CC)c1ccc2c(c1)Oc1cc(Cl)c(Nc3cccc(C(F)(F)F)c3)cc1C21OC(=O)c2ccccc21. The van der Waals surface area contributed by atoms with Gasteiger partial charge in [0.15, 0.2) is 5.60 Å². The van der Waals surface area contributed by atoms with Crippen molar-refractivity contribution in [2.75, 3.05) is 23.3 Å². The molecule has 0 aromatic heterocycles. The van der Waals surface area contributed by atoms with E-state index in [9.17, 15) is 18.0 Å². The first kappa shape index (κ1) is 26.1. The number of ether oxygens (including phenoxy) is 2. The summed E-state index contributed by atoms with van der Waals surface area (Å²) in [5.74, 6) is 0.425. The van der Waals surface area contributed by atoms with Gasteiger partial charge in [-0.05, 0) is 56.3 Å². The van der Waals surface area contributed by atoms with E-state index in [1.165, 1.54) is 12.1 Å². The van der Waals surface area contributed by atoms with E-state index in [0.29, 0.717) is 39.4 Å². The average molecular weight is 565 g/mol. The lowest BCUT2D eigenvalue weighted by atomic mass is 9.77. The molecule has 5 nitrogen and oxygen atoms in total. The Bertz CT molecular complexity index is 1650. The third kappa shape index (κ3) is 4.05. The van der Waals surface area contributed by atoms with Crippen molar-refractivity contribution in [2.24, 2.45) is 0 Å². The van der Waals surface area contributed by atoms with Gasteiger partial charge in [-0.2, -0.15) is 13.2 Å². The monoisotopic (exact) mass is 564 g/mol. The third-order valence-corrected chi connectivity index (χ3v) is 7.70. The van der Waals surface area contributed by atoms with Crippen LogP contribution >= 0.6 is 11.6 Å².